The van der Waals surface area contributed by atoms with E-state index in [0.29, 0.717) is 16.3 Å². The number of thiophene rings is 1. The molecule has 2 aromatic heterocycles. The Morgan fingerprint density at radius 2 is 1.77 bits per heavy atom. The largest absolute Gasteiger partial charge is 0.282 e. The first kappa shape index (κ1) is 20.8. The van der Waals surface area contributed by atoms with Crippen molar-refractivity contribution >= 4 is 48.9 Å². The molecule has 2 aromatic carbocycles. The van der Waals surface area contributed by atoms with E-state index in [4.69, 9.17) is 11.6 Å². The van der Waals surface area contributed by atoms with Crippen molar-refractivity contribution < 1.29 is 8.42 Å². The highest BCUT2D eigenvalue weighted by atomic mass is 35.5. The highest BCUT2D eigenvalue weighted by Crippen LogP contribution is 2.42. The minimum Gasteiger partial charge on any atom is -0.282 e. The molecule has 0 spiro atoms. The fraction of sp³-hybridized carbons (Fsp3) is 0.174. The van der Waals surface area contributed by atoms with Crippen molar-refractivity contribution in [1.82, 2.24) is 4.98 Å². The zero-order chi connectivity index (χ0) is 21.5. The van der Waals surface area contributed by atoms with Crippen LogP contribution in [0.1, 0.15) is 21.7 Å². The number of hydrogen-bond acceptors (Lipinski definition) is 4. The van der Waals surface area contributed by atoms with Crippen molar-refractivity contribution in [2.24, 2.45) is 0 Å². The summed E-state index contributed by atoms with van der Waals surface area (Å²) >= 11 is 7.49. The van der Waals surface area contributed by atoms with Crippen LogP contribution >= 0.6 is 22.9 Å². The SMILES string of the molecule is Cc1cccc(-c2c(C)sc3nc(C)cc(NS(=O)(=O)Cc4ccc(Cl)cc4)c23)c1. The molecular weight excluding hydrogens is 436 g/mol. The third-order valence-corrected chi connectivity index (χ3v) is 7.30. The lowest BCUT2D eigenvalue weighted by atomic mass is 10.0. The molecule has 0 saturated heterocycles. The topological polar surface area (TPSA) is 59.1 Å². The molecule has 0 amide bonds. The number of aromatic nitrogens is 1. The molecule has 4 aromatic rings. The van der Waals surface area contributed by atoms with Gasteiger partial charge in [0.05, 0.1) is 11.4 Å². The highest BCUT2D eigenvalue weighted by molar-refractivity contribution is 7.91. The van der Waals surface area contributed by atoms with Gasteiger partial charge in [0.15, 0.2) is 0 Å². The number of pyridine rings is 1. The van der Waals surface area contributed by atoms with Crippen LogP contribution in [-0.4, -0.2) is 13.4 Å². The summed E-state index contributed by atoms with van der Waals surface area (Å²) in [5.41, 5.74) is 5.24. The van der Waals surface area contributed by atoms with Crippen LogP contribution < -0.4 is 4.72 Å². The molecule has 30 heavy (non-hydrogen) atoms. The fourth-order valence-corrected chi connectivity index (χ4v) is 6.01. The lowest BCUT2D eigenvalue weighted by Gasteiger charge is -2.12. The number of rotatable bonds is 5. The molecule has 0 aliphatic carbocycles. The van der Waals surface area contributed by atoms with Crippen molar-refractivity contribution in [2.45, 2.75) is 26.5 Å². The zero-order valence-electron chi connectivity index (χ0n) is 16.9. The Hall–Kier alpha value is -2.41. The van der Waals surface area contributed by atoms with Crippen LogP contribution in [0.25, 0.3) is 21.3 Å². The number of halogens is 1. The number of aryl methyl sites for hydroxylation is 3. The molecule has 0 bridgehead atoms. The van der Waals surface area contributed by atoms with Gasteiger partial charge in [-0.2, -0.15) is 0 Å². The molecule has 0 fully saturated rings. The molecule has 0 aliphatic rings. The Labute approximate surface area is 185 Å². The summed E-state index contributed by atoms with van der Waals surface area (Å²) < 4.78 is 28.7. The predicted molar refractivity (Wildman–Crippen MR) is 127 cm³/mol. The third kappa shape index (κ3) is 4.36. The van der Waals surface area contributed by atoms with Crippen molar-refractivity contribution in [2.75, 3.05) is 4.72 Å². The van der Waals surface area contributed by atoms with E-state index in [0.717, 1.165) is 37.5 Å². The van der Waals surface area contributed by atoms with Gasteiger partial charge in [-0.3, -0.25) is 4.72 Å². The average molecular weight is 457 g/mol. The second-order valence-corrected chi connectivity index (χ2v) is 10.7. The molecule has 154 valence electrons. The zero-order valence-corrected chi connectivity index (χ0v) is 19.3. The maximum absolute atomic E-state index is 13.0. The van der Waals surface area contributed by atoms with E-state index < -0.39 is 10.0 Å². The molecule has 2 heterocycles. The summed E-state index contributed by atoms with van der Waals surface area (Å²) in [4.78, 5) is 6.59. The molecule has 4 rings (SSSR count). The average Bonchev–Trinajstić information content (AvgIpc) is 2.99. The summed E-state index contributed by atoms with van der Waals surface area (Å²) in [7, 11) is -3.62. The fourth-order valence-electron chi connectivity index (χ4n) is 3.56. The van der Waals surface area contributed by atoms with Crippen LogP contribution in [0.5, 0.6) is 0 Å². The van der Waals surface area contributed by atoms with Crippen LogP contribution in [0.2, 0.25) is 5.02 Å². The van der Waals surface area contributed by atoms with Gasteiger partial charge in [-0.25, -0.2) is 13.4 Å². The highest BCUT2D eigenvalue weighted by Gasteiger charge is 2.20. The number of nitrogens with one attached hydrogen (secondary N) is 1. The summed E-state index contributed by atoms with van der Waals surface area (Å²) in [5, 5.41) is 1.42. The van der Waals surface area contributed by atoms with Crippen molar-refractivity contribution in [3.05, 3.63) is 81.3 Å². The van der Waals surface area contributed by atoms with Crippen LogP contribution in [0, 0.1) is 20.8 Å². The van der Waals surface area contributed by atoms with Crippen LogP contribution in [0.4, 0.5) is 5.69 Å². The Balaban J connectivity index is 1.81. The summed E-state index contributed by atoms with van der Waals surface area (Å²) in [6, 6.07) is 16.9. The number of anilines is 1. The second kappa shape index (κ2) is 8.02. The summed E-state index contributed by atoms with van der Waals surface area (Å²) in [6.07, 6.45) is 0. The van der Waals surface area contributed by atoms with E-state index in [1.807, 2.05) is 39.0 Å². The Morgan fingerprint density at radius 1 is 1.03 bits per heavy atom. The van der Waals surface area contributed by atoms with E-state index in [1.165, 1.54) is 0 Å². The molecule has 0 aliphatic heterocycles. The quantitative estimate of drug-likeness (QED) is 0.373. The molecular formula is C23H21ClN2O2S2. The standard InChI is InChI=1S/C23H21ClN2O2S2/c1-14-5-4-6-18(11-14)21-16(3)29-23-22(21)20(12-15(2)25-23)26-30(27,28)13-17-7-9-19(24)10-8-17/h4-12H,13H2,1-3H3,(H,25,26). The summed E-state index contributed by atoms with van der Waals surface area (Å²) in [6.45, 7) is 5.97. The number of hydrogen-bond donors (Lipinski definition) is 1. The number of benzene rings is 2. The van der Waals surface area contributed by atoms with E-state index >= 15 is 0 Å². The number of fused-ring (bicyclic) bond motifs is 1. The molecule has 1 N–H and O–H groups in total. The van der Waals surface area contributed by atoms with Gasteiger partial charge in [0.25, 0.3) is 0 Å². The molecule has 0 radical (unpaired) electrons. The van der Waals surface area contributed by atoms with Gasteiger partial charge < -0.3 is 0 Å². The van der Waals surface area contributed by atoms with Gasteiger partial charge in [0.2, 0.25) is 10.0 Å². The third-order valence-electron chi connectivity index (χ3n) is 4.81. The van der Waals surface area contributed by atoms with Crippen molar-refractivity contribution in [3.63, 3.8) is 0 Å². The molecule has 7 heteroatoms. The Bertz CT molecular complexity index is 1340. The van der Waals surface area contributed by atoms with Gasteiger partial charge in [0.1, 0.15) is 4.83 Å². The van der Waals surface area contributed by atoms with Crippen molar-refractivity contribution in [1.29, 1.82) is 0 Å². The predicted octanol–water partition coefficient (Wildman–Crippen LogP) is 6.48. The van der Waals surface area contributed by atoms with Crippen LogP contribution in [0.15, 0.2) is 54.6 Å². The van der Waals surface area contributed by atoms with Gasteiger partial charge in [-0.05, 0) is 50.1 Å². The van der Waals surface area contributed by atoms with E-state index in [2.05, 4.69) is 15.8 Å². The minimum atomic E-state index is -3.62. The van der Waals surface area contributed by atoms with E-state index in [1.54, 1.807) is 41.7 Å². The molecule has 4 nitrogen and oxygen atoms in total. The number of nitrogens with zero attached hydrogens (tertiary/aromatic N) is 1. The first-order chi connectivity index (χ1) is 14.2. The van der Waals surface area contributed by atoms with Gasteiger partial charge in [0, 0.05) is 26.5 Å². The van der Waals surface area contributed by atoms with Crippen molar-refractivity contribution in [3.8, 4) is 11.1 Å². The Morgan fingerprint density at radius 3 is 2.47 bits per heavy atom. The molecule has 0 saturated carbocycles. The Kier molecular flexibility index (Phi) is 5.57. The maximum atomic E-state index is 13.0. The molecule has 0 atom stereocenters. The number of sulfonamides is 1. The van der Waals surface area contributed by atoms with Gasteiger partial charge in [-0.15, -0.1) is 11.3 Å². The summed E-state index contributed by atoms with van der Waals surface area (Å²) in [5.74, 6) is -0.129. The van der Waals surface area contributed by atoms with Gasteiger partial charge in [-0.1, -0.05) is 53.6 Å². The van der Waals surface area contributed by atoms with Crippen LogP contribution in [0.3, 0.4) is 0 Å². The van der Waals surface area contributed by atoms with E-state index in [-0.39, 0.29) is 5.75 Å². The second-order valence-electron chi connectivity index (χ2n) is 7.38. The first-order valence-corrected chi connectivity index (χ1v) is 12.3. The molecule has 0 unspecified atom stereocenters. The van der Waals surface area contributed by atoms with Gasteiger partial charge >= 0.3 is 0 Å². The maximum Gasteiger partial charge on any atom is 0.236 e. The van der Waals surface area contributed by atoms with Crippen LogP contribution in [-0.2, 0) is 15.8 Å². The first-order valence-electron chi connectivity index (χ1n) is 9.44. The normalized spacial score (nSPS) is 11.7. The van der Waals surface area contributed by atoms with E-state index in [9.17, 15) is 8.42 Å². The lowest BCUT2D eigenvalue weighted by Crippen LogP contribution is -2.15. The lowest BCUT2D eigenvalue weighted by molar-refractivity contribution is 0.600. The monoisotopic (exact) mass is 456 g/mol. The minimum absolute atomic E-state index is 0.129. The smallest absolute Gasteiger partial charge is 0.236 e.